The Bertz CT molecular complexity index is 735. The summed E-state index contributed by atoms with van der Waals surface area (Å²) in [6, 6.07) is 0. The smallest absolute Gasteiger partial charge is 0.229 e. The van der Waals surface area contributed by atoms with Crippen LogP contribution in [0.5, 0.6) is 11.5 Å². The Hall–Kier alpha value is -1.42. The third-order valence-corrected chi connectivity index (χ3v) is 6.25. The van der Waals surface area contributed by atoms with Crippen LogP contribution in [-0.2, 0) is 22.5 Å². The first-order chi connectivity index (χ1) is 14.3. The number of aliphatic hydroxyl groups excluding tert-OH is 4. The molecule has 0 unspecified atom stereocenters. The Kier molecular flexibility index (Phi) is 7.60. The molecular weight excluding hydrogens is 392 g/mol. The maximum Gasteiger partial charge on any atom is 0.229 e. The van der Waals surface area contributed by atoms with Crippen molar-refractivity contribution >= 4 is 0 Å². The molecule has 0 aliphatic carbocycles. The highest BCUT2D eigenvalue weighted by atomic mass is 16.7. The molecule has 1 fully saturated rings. The minimum atomic E-state index is -1.53. The van der Waals surface area contributed by atoms with E-state index < -0.39 is 37.3 Å². The molecule has 0 bridgehead atoms. The second-order valence-corrected chi connectivity index (χ2v) is 8.33. The predicted molar refractivity (Wildman–Crippen MR) is 108 cm³/mol. The summed E-state index contributed by atoms with van der Waals surface area (Å²) in [4.78, 5) is 0. The van der Waals surface area contributed by atoms with Crippen molar-refractivity contribution in [3.63, 3.8) is 0 Å². The fraction of sp³-hybridized carbons (Fsp3) is 0.727. The predicted octanol–water partition coefficient (Wildman–Crippen LogP) is 1.21. The highest BCUT2D eigenvalue weighted by Crippen LogP contribution is 2.42. The largest absolute Gasteiger partial charge is 0.507 e. The Labute approximate surface area is 177 Å². The van der Waals surface area contributed by atoms with Crippen LogP contribution in [0, 0.1) is 13.8 Å². The number of hydrogen-bond donors (Lipinski definition) is 5. The fourth-order valence-corrected chi connectivity index (χ4v) is 4.29. The molecule has 0 aromatic heterocycles. The minimum Gasteiger partial charge on any atom is -0.507 e. The summed E-state index contributed by atoms with van der Waals surface area (Å²) >= 11 is 0. The van der Waals surface area contributed by atoms with E-state index in [2.05, 4.69) is 6.92 Å². The molecule has 5 N–H and O–H groups in total. The Morgan fingerprint density at radius 3 is 2.40 bits per heavy atom. The van der Waals surface area contributed by atoms with Gasteiger partial charge >= 0.3 is 0 Å². The summed E-state index contributed by atoms with van der Waals surface area (Å²) in [5, 5.41) is 50.4. The van der Waals surface area contributed by atoms with E-state index in [4.69, 9.17) is 14.2 Å². The lowest BCUT2D eigenvalue weighted by atomic mass is 9.89. The Morgan fingerprint density at radius 1 is 1.00 bits per heavy atom. The molecule has 2 heterocycles. The first-order valence-corrected chi connectivity index (χ1v) is 10.7. The number of aromatic hydroxyl groups is 1. The highest BCUT2D eigenvalue weighted by Gasteiger charge is 2.45. The van der Waals surface area contributed by atoms with E-state index in [1.165, 1.54) is 0 Å². The van der Waals surface area contributed by atoms with Gasteiger partial charge in [-0.1, -0.05) is 26.2 Å². The van der Waals surface area contributed by atoms with Crippen LogP contribution in [0.4, 0.5) is 0 Å². The summed E-state index contributed by atoms with van der Waals surface area (Å²) in [5.74, 6) is 0.451. The van der Waals surface area contributed by atoms with E-state index in [1.807, 2.05) is 6.92 Å². The summed E-state index contributed by atoms with van der Waals surface area (Å²) < 4.78 is 17.4. The fourth-order valence-electron chi connectivity index (χ4n) is 4.29. The first-order valence-electron chi connectivity index (χ1n) is 10.7. The average Bonchev–Trinajstić information content (AvgIpc) is 2.75. The van der Waals surface area contributed by atoms with Gasteiger partial charge in [-0.2, -0.15) is 0 Å². The van der Waals surface area contributed by atoms with Crippen LogP contribution in [0.2, 0.25) is 0 Å². The monoisotopic (exact) mass is 426 g/mol. The third-order valence-electron chi connectivity index (χ3n) is 6.25. The van der Waals surface area contributed by atoms with Crippen molar-refractivity contribution in [2.75, 3.05) is 6.61 Å². The normalized spacial score (nSPS) is 31.4. The zero-order valence-corrected chi connectivity index (χ0v) is 17.9. The number of phenols is 1. The SMILES string of the molecule is CCCCC[C@H]1Cc2c(C)c(O)c(C)c(O[C@@H]3O[C@H](CO)[C@@H](O)[C@H](O)[C@H]3O)c2CO1. The van der Waals surface area contributed by atoms with Gasteiger partial charge in [0, 0.05) is 11.1 Å². The number of rotatable bonds is 7. The van der Waals surface area contributed by atoms with Gasteiger partial charge in [0.25, 0.3) is 0 Å². The van der Waals surface area contributed by atoms with Gasteiger partial charge in [0.1, 0.15) is 35.9 Å². The van der Waals surface area contributed by atoms with Gasteiger partial charge in [-0.15, -0.1) is 0 Å². The molecular formula is C22H34O8. The van der Waals surface area contributed by atoms with Gasteiger partial charge in [0.2, 0.25) is 6.29 Å². The number of aliphatic hydroxyl groups is 4. The molecule has 1 aromatic carbocycles. The summed E-state index contributed by atoms with van der Waals surface area (Å²) in [5.41, 5.74) is 3.01. The van der Waals surface area contributed by atoms with E-state index >= 15 is 0 Å². The van der Waals surface area contributed by atoms with E-state index in [9.17, 15) is 25.5 Å². The van der Waals surface area contributed by atoms with Crippen LogP contribution in [0.1, 0.15) is 54.9 Å². The lowest BCUT2D eigenvalue weighted by Gasteiger charge is -2.40. The molecule has 8 heteroatoms. The number of benzene rings is 1. The van der Waals surface area contributed by atoms with E-state index in [0.29, 0.717) is 24.3 Å². The molecule has 0 radical (unpaired) electrons. The zero-order valence-electron chi connectivity index (χ0n) is 17.9. The van der Waals surface area contributed by atoms with E-state index in [0.717, 1.165) is 42.4 Å². The molecule has 2 aliphatic heterocycles. The molecule has 30 heavy (non-hydrogen) atoms. The van der Waals surface area contributed by atoms with Crippen molar-refractivity contribution in [1.29, 1.82) is 0 Å². The zero-order chi connectivity index (χ0) is 22.0. The topological polar surface area (TPSA) is 129 Å². The summed E-state index contributed by atoms with van der Waals surface area (Å²) in [6.07, 6.45) is -1.84. The third kappa shape index (κ3) is 4.44. The molecule has 6 atom stereocenters. The van der Waals surface area contributed by atoms with Gasteiger partial charge in [0.15, 0.2) is 0 Å². The molecule has 8 nitrogen and oxygen atoms in total. The van der Waals surface area contributed by atoms with Crippen LogP contribution < -0.4 is 4.74 Å². The lowest BCUT2D eigenvalue weighted by Crippen LogP contribution is -2.60. The standard InChI is InChI=1S/C22H34O8/c1-4-5-6-7-13-8-14-11(2)17(24)12(3)21(15(14)10-28-13)30-22-20(27)19(26)18(25)16(9-23)29-22/h13,16,18-20,22-27H,4-10H2,1-3H3/t13-,16+,18+,19-,20+,22-/m0/s1. The van der Waals surface area contributed by atoms with Crippen molar-refractivity contribution < 1.29 is 39.7 Å². The van der Waals surface area contributed by atoms with Gasteiger partial charge in [-0.3, -0.25) is 0 Å². The van der Waals surface area contributed by atoms with Gasteiger partial charge in [-0.05, 0) is 37.8 Å². The lowest BCUT2D eigenvalue weighted by molar-refractivity contribution is -0.277. The van der Waals surface area contributed by atoms with Gasteiger partial charge < -0.3 is 39.7 Å². The molecule has 170 valence electrons. The minimum absolute atomic E-state index is 0.0740. The molecule has 0 spiro atoms. The second-order valence-electron chi connectivity index (χ2n) is 8.33. The Balaban J connectivity index is 1.87. The van der Waals surface area contributed by atoms with E-state index in [1.54, 1.807) is 6.92 Å². The quantitative estimate of drug-likeness (QED) is 0.412. The number of phenolic OH excluding ortho intramolecular Hbond substituents is 1. The maximum absolute atomic E-state index is 10.7. The van der Waals surface area contributed by atoms with Crippen LogP contribution in [0.25, 0.3) is 0 Å². The van der Waals surface area contributed by atoms with Crippen LogP contribution in [-0.4, -0.2) is 68.9 Å². The van der Waals surface area contributed by atoms with Crippen LogP contribution in [0.3, 0.4) is 0 Å². The number of fused-ring (bicyclic) bond motifs is 1. The van der Waals surface area contributed by atoms with Crippen LogP contribution in [0.15, 0.2) is 0 Å². The first kappa shape index (κ1) is 23.2. The number of ether oxygens (including phenoxy) is 3. The van der Waals surface area contributed by atoms with E-state index in [-0.39, 0.29) is 11.9 Å². The van der Waals surface area contributed by atoms with Crippen LogP contribution >= 0.6 is 0 Å². The van der Waals surface area contributed by atoms with Crippen molar-refractivity contribution in [2.45, 2.75) is 96.3 Å². The maximum atomic E-state index is 10.7. The number of unbranched alkanes of at least 4 members (excludes halogenated alkanes) is 2. The molecule has 0 saturated carbocycles. The molecule has 1 saturated heterocycles. The van der Waals surface area contributed by atoms with Crippen molar-refractivity contribution in [1.82, 2.24) is 0 Å². The highest BCUT2D eigenvalue weighted by molar-refractivity contribution is 5.58. The average molecular weight is 427 g/mol. The Morgan fingerprint density at radius 2 is 1.73 bits per heavy atom. The molecule has 3 rings (SSSR count). The molecule has 2 aliphatic rings. The van der Waals surface area contributed by atoms with Gasteiger partial charge in [0.05, 0.1) is 19.3 Å². The van der Waals surface area contributed by atoms with Crippen molar-refractivity contribution in [3.05, 3.63) is 22.3 Å². The van der Waals surface area contributed by atoms with Crippen molar-refractivity contribution in [2.24, 2.45) is 0 Å². The summed E-state index contributed by atoms with van der Waals surface area (Å²) in [6.45, 7) is 5.50. The number of hydrogen-bond acceptors (Lipinski definition) is 8. The van der Waals surface area contributed by atoms with Gasteiger partial charge in [-0.25, -0.2) is 0 Å². The molecule has 1 aromatic rings. The summed E-state index contributed by atoms with van der Waals surface area (Å²) in [7, 11) is 0. The van der Waals surface area contributed by atoms with Crippen molar-refractivity contribution in [3.8, 4) is 11.5 Å². The second kappa shape index (κ2) is 9.80. The molecule has 0 amide bonds.